The molecule has 0 saturated carbocycles. The minimum absolute atomic E-state index is 0.0756. The van der Waals surface area contributed by atoms with Gasteiger partial charge in [0.15, 0.2) is 11.5 Å². The SMILES string of the molecule is COc1ccc(NC(=O)CN2CCCC2Cc2cccc(F)c2)cc1OC. The molecule has 6 heteroatoms. The number of carbonyl (C=O) groups is 1. The van der Waals surface area contributed by atoms with Crippen molar-refractivity contribution in [2.75, 3.05) is 32.6 Å². The van der Waals surface area contributed by atoms with Crippen molar-refractivity contribution in [1.29, 1.82) is 0 Å². The Bertz CT molecular complexity index is 797. The Balaban J connectivity index is 1.59. The zero-order valence-corrected chi connectivity index (χ0v) is 15.7. The van der Waals surface area contributed by atoms with E-state index < -0.39 is 0 Å². The summed E-state index contributed by atoms with van der Waals surface area (Å²) in [5.74, 6) is 0.891. The van der Waals surface area contributed by atoms with Crippen LogP contribution in [0, 0.1) is 5.82 Å². The van der Waals surface area contributed by atoms with Gasteiger partial charge in [-0.3, -0.25) is 9.69 Å². The van der Waals surface area contributed by atoms with Gasteiger partial charge >= 0.3 is 0 Å². The van der Waals surface area contributed by atoms with Crippen LogP contribution in [-0.4, -0.2) is 44.2 Å². The number of rotatable bonds is 7. The Labute approximate surface area is 159 Å². The Kier molecular flexibility index (Phi) is 6.29. The molecule has 0 aromatic heterocycles. The van der Waals surface area contributed by atoms with Crippen LogP contribution in [0.1, 0.15) is 18.4 Å². The van der Waals surface area contributed by atoms with E-state index >= 15 is 0 Å². The van der Waals surface area contributed by atoms with Crippen LogP contribution in [0.15, 0.2) is 42.5 Å². The van der Waals surface area contributed by atoms with Crippen molar-refractivity contribution in [3.8, 4) is 11.5 Å². The first-order valence-electron chi connectivity index (χ1n) is 9.09. The van der Waals surface area contributed by atoms with Crippen molar-refractivity contribution in [2.45, 2.75) is 25.3 Å². The van der Waals surface area contributed by atoms with Crippen LogP contribution in [-0.2, 0) is 11.2 Å². The Hall–Kier alpha value is -2.60. The molecule has 1 N–H and O–H groups in total. The molecule has 1 aliphatic rings. The minimum Gasteiger partial charge on any atom is -0.493 e. The van der Waals surface area contributed by atoms with Crippen molar-refractivity contribution in [3.63, 3.8) is 0 Å². The third-order valence-electron chi connectivity index (χ3n) is 4.87. The highest BCUT2D eigenvalue weighted by molar-refractivity contribution is 5.92. The molecule has 0 radical (unpaired) electrons. The van der Waals surface area contributed by atoms with Crippen LogP contribution in [0.25, 0.3) is 0 Å². The van der Waals surface area contributed by atoms with E-state index in [1.807, 2.05) is 6.07 Å². The molecule has 1 saturated heterocycles. The number of nitrogens with one attached hydrogen (secondary N) is 1. The topological polar surface area (TPSA) is 50.8 Å². The zero-order valence-electron chi connectivity index (χ0n) is 15.7. The number of amides is 1. The highest BCUT2D eigenvalue weighted by Crippen LogP contribution is 2.30. The molecule has 0 aliphatic carbocycles. The second-order valence-corrected chi connectivity index (χ2v) is 6.72. The molecule has 144 valence electrons. The molecular weight excluding hydrogens is 347 g/mol. The Morgan fingerprint density at radius 2 is 2.00 bits per heavy atom. The molecule has 1 amide bonds. The summed E-state index contributed by atoms with van der Waals surface area (Å²) in [6.45, 7) is 1.19. The second kappa shape index (κ2) is 8.86. The molecule has 1 unspecified atom stereocenters. The summed E-state index contributed by atoms with van der Waals surface area (Å²) in [5, 5.41) is 2.91. The third kappa shape index (κ3) is 4.98. The molecule has 1 aliphatic heterocycles. The number of hydrogen-bond donors (Lipinski definition) is 1. The van der Waals surface area contributed by atoms with Gasteiger partial charge in [-0.1, -0.05) is 12.1 Å². The van der Waals surface area contributed by atoms with Crippen LogP contribution in [0.3, 0.4) is 0 Å². The minimum atomic E-state index is -0.219. The smallest absolute Gasteiger partial charge is 0.238 e. The first kappa shape index (κ1) is 19.2. The van der Waals surface area contributed by atoms with Gasteiger partial charge in [0.05, 0.1) is 20.8 Å². The maximum atomic E-state index is 13.4. The lowest BCUT2D eigenvalue weighted by Crippen LogP contribution is -2.37. The van der Waals surface area contributed by atoms with Crippen LogP contribution in [0.4, 0.5) is 10.1 Å². The zero-order chi connectivity index (χ0) is 19.2. The van der Waals surface area contributed by atoms with Crippen LogP contribution in [0.5, 0.6) is 11.5 Å². The number of hydrogen-bond acceptors (Lipinski definition) is 4. The van der Waals surface area contributed by atoms with Gasteiger partial charge in [0.1, 0.15) is 5.82 Å². The van der Waals surface area contributed by atoms with E-state index in [4.69, 9.17) is 9.47 Å². The molecule has 1 fully saturated rings. The van der Waals surface area contributed by atoms with E-state index in [9.17, 15) is 9.18 Å². The number of nitrogens with zero attached hydrogens (tertiary/aromatic N) is 1. The molecule has 27 heavy (non-hydrogen) atoms. The summed E-state index contributed by atoms with van der Waals surface area (Å²) in [6.07, 6.45) is 2.81. The van der Waals surface area contributed by atoms with E-state index in [1.165, 1.54) is 6.07 Å². The van der Waals surface area contributed by atoms with Crippen LogP contribution < -0.4 is 14.8 Å². The number of methoxy groups -OCH3 is 2. The van der Waals surface area contributed by atoms with Gasteiger partial charge in [-0.15, -0.1) is 0 Å². The molecule has 2 aromatic rings. The van der Waals surface area contributed by atoms with Gasteiger partial charge in [-0.2, -0.15) is 0 Å². The number of halogens is 1. The molecular formula is C21H25FN2O3. The Morgan fingerprint density at radius 3 is 2.74 bits per heavy atom. The van der Waals surface area contributed by atoms with Crippen molar-refractivity contribution in [1.82, 2.24) is 4.90 Å². The van der Waals surface area contributed by atoms with E-state index in [2.05, 4.69) is 10.2 Å². The summed E-state index contributed by atoms with van der Waals surface area (Å²) >= 11 is 0. The summed E-state index contributed by atoms with van der Waals surface area (Å²) < 4.78 is 23.9. The van der Waals surface area contributed by atoms with Gasteiger partial charge < -0.3 is 14.8 Å². The summed E-state index contributed by atoms with van der Waals surface area (Å²) in [6, 6.07) is 12.2. The third-order valence-corrected chi connectivity index (χ3v) is 4.87. The van der Waals surface area contributed by atoms with Gasteiger partial charge in [0, 0.05) is 17.8 Å². The Morgan fingerprint density at radius 1 is 1.19 bits per heavy atom. The van der Waals surface area contributed by atoms with E-state index in [0.29, 0.717) is 23.7 Å². The molecule has 1 atom stereocenters. The lowest BCUT2D eigenvalue weighted by Gasteiger charge is -2.24. The van der Waals surface area contributed by atoms with Gasteiger partial charge in [0.2, 0.25) is 5.91 Å². The van der Waals surface area contributed by atoms with Crippen molar-refractivity contribution in [2.24, 2.45) is 0 Å². The average molecular weight is 372 g/mol. The summed E-state index contributed by atoms with van der Waals surface area (Å²) in [7, 11) is 3.13. The largest absolute Gasteiger partial charge is 0.493 e. The average Bonchev–Trinajstić information content (AvgIpc) is 3.08. The molecule has 2 aromatic carbocycles. The maximum Gasteiger partial charge on any atom is 0.238 e. The fourth-order valence-corrected chi connectivity index (χ4v) is 3.57. The maximum absolute atomic E-state index is 13.4. The molecule has 5 nitrogen and oxygen atoms in total. The summed E-state index contributed by atoms with van der Waals surface area (Å²) in [4.78, 5) is 14.7. The molecule has 0 spiro atoms. The van der Waals surface area contributed by atoms with Gasteiger partial charge in [-0.25, -0.2) is 4.39 Å². The van der Waals surface area contributed by atoms with Crippen LogP contribution in [0.2, 0.25) is 0 Å². The lowest BCUT2D eigenvalue weighted by atomic mass is 10.0. The highest BCUT2D eigenvalue weighted by atomic mass is 19.1. The quantitative estimate of drug-likeness (QED) is 0.808. The number of benzene rings is 2. The monoisotopic (exact) mass is 372 g/mol. The lowest BCUT2D eigenvalue weighted by molar-refractivity contribution is -0.117. The fourth-order valence-electron chi connectivity index (χ4n) is 3.57. The van der Waals surface area contributed by atoms with Crippen molar-refractivity contribution >= 4 is 11.6 Å². The number of likely N-dealkylation sites (tertiary alicyclic amines) is 1. The van der Waals surface area contributed by atoms with Crippen molar-refractivity contribution in [3.05, 3.63) is 53.8 Å². The number of ether oxygens (including phenoxy) is 2. The first-order chi connectivity index (χ1) is 13.1. The van der Waals surface area contributed by atoms with Gasteiger partial charge in [0.25, 0.3) is 0 Å². The highest BCUT2D eigenvalue weighted by Gasteiger charge is 2.26. The van der Waals surface area contributed by atoms with E-state index in [0.717, 1.165) is 31.4 Å². The summed E-state index contributed by atoms with van der Waals surface area (Å²) in [5.41, 5.74) is 1.63. The van der Waals surface area contributed by atoms with Crippen LogP contribution >= 0.6 is 0 Å². The van der Waals surface area contributed by atoms with E-state index in [-0.39, 0.29) is 17.8 Å². The second-order valence-electron chi connectivity index (χ2n) is 6.72. The standard InChI is InChI=1S/C21H25FN2O3/c1-26-19-9-8-17(13-20(19)27-2)23-21(25)14-24-10-4-7-18(24)12-15-5-3-6-16(22)11-15/h3,5-6,8-9,11,13,18H,4,7,10,12,14H2,1-2H3,(H,23,25). The molecule has 1 heterocycles. The fraction of sp³-hybridized carbons (Fsp3) is 0.381. The predicted molar refractivity (Wildman–Crippen MR) is 103 cm³/mol. The number of carbonyl (C=O) groups excluding carboxylic acids is 1. The normalized spacial score (nSPS) is 16.9. The van der Waals surface area contributed by atoms with Crippen molar-refractivity contribution < 1.29 is 18.7 Å². The van der Waals surface area contributed by atoms with E-state index in [1.54, 1.807) is 44.6 Å². The molecule has 3 rings (SSSR count). The molecule has 0 bridgehead atoms. The predicted octanol–water partition coefficient (Wildman–Crippen LogP) is 3.49. The number of anilines is 1. The van der Waals surface area contributed by atoms with Gasteiger partial charge in [-0.05, 0) is 55.6 Å². The first-order valence-corrected chi connectivity index (χ1v) is 9.09.